The minimum absolute atomic E-state index is 0.186. The van der Waals surface area contributed by atoms with E-state index >= 15 is 0 Å². The second kappa shape index (κ2) is 6.57. The first-order valence-corrected chi connectivity index (χ1v) is 7.66. The Kier molecular flexibility index (Phi) is 4.33. The molecule has 0 heterocycles. The highest BCUT2D eigenvalue weighted by Crippen LogP contribution is 2.35. The molecule has 1 atom stereocenters. The van der Waals surface area contributed by atoms with Gasteiger partial charge < -0.3 is 15.4 Å². The van der Waals surface area contributed by atoms with Crippen LogP contribution in [0.15, 0.2) is 55.1 Å². The average molecular weight is 308 g/mol. The van der Waals surface area contributed by atoms with Crippen LogP contribution in [0.25, 0.3) is 0 Å². The number of hydrogen-bond donors (Lipinski definition) is 2. The van der Waals surface area contributed by atoms with Gasteiger partial charge in [0, 0.05) is 17.4 Å². The van der Waals surface area contributed by atoms with Gasteiger partial charge in [-0.25, -0.2) is 0 Å². The summed E-state index contributed by atoms with van der Waals surface area (Å²) in [5.74, 6) is 0.657. The van der Waals surface area contributed by atoms with Gasteiger partial charge in [0.2, 0.25) is 5.91 Å². The summed E-state index contributed by atoms with van der Waals surface area (Å²) in [6, 6.07) is 14.3. The van der Waals surface area contributed by atoms with E-state index in [4.69, 9.17) is 4.74 Å². The van der Waals surface area contributed by atoms with Crippen molar-refractivity contribution in [3.63, 3.8) is 0 Å². The topological polar surface area (TPSA) is 50.4 Å². The van der Waals surface area contributed by atoms with Gasteiger partial charge in [-0.15, -0.1) is 0 Å². The van der Waals surface area contributed by atoms with E-state index in [1.165, 1.54) is 17.2 Å². The molecule has 1 aliphatic carbocycles. The number of anilines is 2. The van der Waals surface area contributed by atoms with E-state index in [2.05, 4.69) is 23.3 Å². The third-order valence-corrected chi connectivity index (χ3v) is 4.08. The number of aryl methyl sites for hydroxylation is 1. The molecule has 0 aromatic heterocycles. The number of ether oxygens (including phenoxy) is 1. The zero-order valence-corrected chi connectivity index (χ0v) is 13.1. The Bertz CT molecular complexity index is 740. The van der Waals surface area contributed by atoms with Crippen LogP contribution in [0.4, 0.5) is 11.4 Å². The fourth-order valence-electron chi connectivity index (χ4n) is 2.95. The molecule has 118 valence electrons. The van der Waals surface area contributed by atoms with Crippen LogP contribution in [0.1, 0.15) is 23.6 Å². The van der Waals surface area contributed by atoms with Gasteiger partial charge >= 0.3 is 0 Å². The van der Waals surface area contributed by atoms with Crippen molar-refractivity contribution in [3.05, 3.63) is 66.2 Å². The molecular formula is C19H20N2O2. The number of methoxy groups -OCH3 is 1. The fraction of sp³-hybridized carbons (Fsp3) is 0.211. The molecule has 3 rings (SSSR count). The standard InChI is InChI=1S/C19H20N2O2/c1-3-19(22)21-15-8-9-17-13(11-15)7-10-18(17)20-14-5-4-6-16(12-14)23-2/h3-6,8-9,11-12,18,20H,1,7,10H2,2H3,(H,21,22). The van der Waals surface area contributed by atoms with Gasteiger partial charge in [0.05, 0.1) is 13.2 Å². The van der Waals surface area contributed by atoms with E-state index in [1.807, 2.05) is 36.4 Å². The summed E-state index contributed by atoms with van der Waals surface area (Å²) >= 11 is 0. The molecule has 4 nitrogen and oxygen atoms in total. The van der Waals surface area contributed by atoms with Gasteiger partial charge in [0.15, 0.2) is 0 Å². The smallest absolute Gasteiger partial charge is 0.247 e. The average Bonchev–Trinajstić information content (AvgIpc) is 2.97. The Morgan fingerprint density at radius 2 is 2.13 bits per heavy atom. The van der Waals surface area contributed by atoms with Crippen molar-refractivity contribution in [1.82, 2.24) is 0 Å². The van der Waals surface area contributed by atoms with Gasteiger partial charge in [-0.1, -0.05) is 18.7 Å². The second-order valence-electron chi connectivity index (χ2n) is 5.57. The Morgan fingerprint density at radius 1 is 1.26 bits per heavy atom. The highest BCUT2D eigenvalue weighted by Gasteiger charge is 2.22. The first-order chi connectivity index (χ1) is 11.2. The maximum Gasteiger partial charge on any atom is 0.247 e. The minimum atomic E-state index is -0.186. The number of nitrogens with one attached hydrogen (secondary N) is 2. The molecule has 0 saturated heterocycles. The molecule has 2 aromatic carbocycles. The molecule has 1 aliphatic rings. The Hall–Kier alpha value is -2.75. The fourth-order valence-corrected chi connectivity index (χ4v) is 2.95. The lowest BCUT2D eigenvalue weighted by atomic mass is 10.1. The van der Waals surface area contributed by atoms with Crippen molar-refractivity contribution in [3.8, 4) is 5.75 Å². The van der Waals surface area contributed by atoms with Crippen molar-refractivity contribution < 1.29 is 9.53 Å². The summed E-state index contributed by atoms with van der Waals surface area (Å²) in [4.78, 5) is 11.4. The van der Waals surface area contributed by atoms with Crippen LogP contribution < -0.4 is 15.4 Å². The molecule has 0 fully saturated rings. The van der Waals surface area contributed by atoms with Gasteiger partial charge in [-0.3, -0.25) is 4.79 Å². The van der Waals surface area contributed by atoms with Gasteiger partial charge in [0.1, 0.15) is 5.75 Å². The number of fused-ring (bicyclic) bond motifs is 1. The van der Waals surface area contributed by atoms with E-state index in [1.54, 1.807) is 7.11 Å². The molecule has 0 saturated carbocycles. The summed E-state index contributed by atoms with van der Waals surface area (Å²) in [6.07, 6.45) is 3.31. The SMILES string of the molecule is C=CC(=O)Nc1ccc2c(c1)CCC2Nc1cccc(OC)c1. The predicted octanol–water partition coefficient (Wildman–Crippen LogP) is 3.92. The third-order valence-electron chi connectivity index (χ3n) is 4.08. The molecule has 0 spiro atoms. The normalized spacial score (nSPS) is 15.6. The van der Waals surface area contributed by atoms with Crippen molar-refractivity contribution in [2.45, 2.75) is 18.9 Å². The first kappa shape index (κ1) is 15.2. The molecular weight excluding hydrogens is 288 g/mol. The molecule has 0 aliphatic heterocycles. The van der Waals surface area contributed by atoms with Crippen LogP contribution >= 0.6 is 0 Å². The summed E-state index contributed by atoms with van der Waals surface area (Å²) in [7, 11) is 1.67. The molecule has 0 radical (unpaired) electrons. The molecule has 2 N–H and O–H groups in total. The quantitative estimate of drug-likeness (QED) is 0.823. The van der Waals surface area contributed by atoms with Gasteiger partial charge in [-0.05, 0) is 54.3 Å². The molecule has 1 amide bonds. The lowest BCUT2D eigenvalue weighted by Gasteiger charge is -2.16. The van der Waals surface area contributed by atoms with Crippen molar-refractivity contribution in [2.75, 3.05) is 17.7 Å². The van der Waals surface area contributed by atoms with E-state index in [0.717, 1.165) is 30.0 Å². The molecule has 23 heavy (non-hydrogen) atoms. The first-order valence-electron chi connectivity index (χ1n) is 7.66. The summed E-state index contributed by atoms with van der Waals surface area (Å²) in [5, 5.41) is 6.37. The minimum Gasteiger partial charge on any atom is -0.497 e. The highest BCUT2D eigenvalue weighted by molar-refractivity contribution is 5.98. The predicted molar refractivity (Wildman–Crippen MR) is 92.9 cm³/mol. The van der Waals surface area contributed by atoms with E-state index in [0.29, 0.717) is 0 Å². The van der Waals surface area contributed by atoms with Crippen LogP contribution in [-0.2, 0) is 11.2 Å². The Balaban J connectivity index is 1.76. The number of benzene rings is 2. The Labute approximate surface area is 136 Å². The third kappa shape index (κ3) is 3.37. The number of carbonyl (C=O) groups is 1. The monoisotopic (exact) mass is 308 g/mol. The number of amides is 1. The maximum absolute atomic E-state index is 11.4. The zero-order valence-electron chi connectivity index (χ0n) is 13.1. The van der Waals surface area contributed by atoms with Crippen molar-refractivity contribution >= 4 is 17.3 Å². The maximum atomic E-state index is 11.4. The molecule has 0 bridgehead atoms. The van der Waals surface area contributed by atoms with Crippen LogP contribution in [-0.4, -0.2) is 13.0 Å². The number of rotatable bonds is 5. The van der Waals surface area contributed by atoms with Gasteiger partial charge in [0.25, 0.3) is 0 Å². The molecule has 2 aromatic rings. The van der Waals surface area contributed by atoms with Crippen molar-refractivity contribution in [2.24, 2.45) is 0 Å². The van der Waals surface area contributed by atoms with Crippen LogP contribution in [0.5, 0.6) is 5.75 Å². The zero-order chi connectivity index (χ0) is 16.2. The highest BCUT2D eigenvalue weighted by atomic mass is 16.5. The van der Waals surface area contributed by atoms with E-state index in [9.17, 15) is 4.79 Å². The van der Waals surface area contributed by atoms with E-state index in [-0.39, 0.29) is 11.9 Å². The summed E-state index contributed by atoms with van der Waals surface area (Å²) in [6.45, 7) is 3.47. The van der Waals surface area contributed by atoms with Crippen LogP contribution in [0.2, 0.25) is 0 Å². The summed E-state index contributed by atoms with van der Waals surface area (Å²) in [5.41, 5.74) is 4.42. The molecule has 1 unspecified atom stereocenters. The largest absolute Gasteiger partial charge is 0.497 e. The number of hydrogen-bond acceptors (Lipinski definition) is 3. The Morgan fingerprint density at radius 3 is 2.91 bits per heavy atom. The lowest BCUT2D eigenvalue weighted by molar-refractivity contribution is -0.111. The number of carbonyl (C=O) groups excluding carboxylic acids is 1. The van der Waals surface area contributed by atoms with Crippen LogP contribution in [0, 0.1) is 0 Å². The molecule has 4 heteroatoms. The lowest BCUT2D eigenvalue weighted by Crippen LogP contribution is -2.09. The van der Waals surface area contributed by atoms with Crippen LogP contribution in [0.3, 0.4) is 0 Å². The van der Waals surface area contributed by atoms with Crippen molar-refractivity contribution in [1.29, 1.82) is 0 Å². The second-order valence-corrected chi connectivity index (χ2v) is 5.57. The van der Waals surface area contributed by atoms with Gasteiger partial charge in [-0.2, -0.15) is 0 Å². The summed E-state index contributed by atoms with van der Waals surface area (Å²) < 4.78 is 5.26. The van der Waals surface area contributed by atoms with E-state index < -0.39 is 0 Å².